The molecule has 0 aliphatic heterocycles. The Labute approximate surface area is 119 Å². The summed E-state index contributed by atoms with van der Waals surface area (Å²) in [5.41, 5.74) is 6.07. The van der Waals surface area contributed by atoms with Gasteiger partial charge >= 0.3 is 0 Å². The van der Waals surface area contributed by atoms with E-state index < -0.39 is 17.5 Å². The highest BCUT2D eigenvalue weighted by atomic mass is 35.5. The van der Waals surface area contributed by atoms with Gasteiger partial charge in [-0.3, -0.25) is 4.79 Å². The van der Waals surface area contributed by atoms with Crippen LogP contribution in [-0.2, 0) is 6.54 Å². The minimum absolute atomic E-state index is 0.0274. The Kier molecular flexibility index (Phi) is 4.20. The molecule has 0 unspecified atom stereocenters. The molecule has 0 heterocycles. The quantitative estimate of drug-likeness (QED) is 0.909. The molecule has 0 fully saturated rings. The lowest BCUT2D eigenvalue weighted by atomic mass is 10.1. The Morgan fingerprint density at radius 2 is 1.90 bits per heavy atom. The summed E-state index contributed by atoms with van der Waals surface area (Å²) in [6, 6.07) is 8.33. The van der Waals surface area contributed by atoms with E-state index in [-0.39, 0.29) is 10.6 Å². The first-order chi connectivity index (χ1) is 9.47. The van der Waals surface area contributed by atoms with Crippen LogP contribution in [0.2, 0.25) is 5.02 Å². The van der Waals surface area contributed by atoms with Gasteiger partial charge in [0.25, 0.3) is 5.91 Å². The van der Waals surface area contributed by atoms with Crippen molar-refractivity contribution >= 4 is 23.2 Å². The average Bonchev–Trinajstić information content (AvgIpc) is 2.40. The number of hydrogen-bond donors (Lipinski definition) is 2. The Bertz CT molecular complexity index is 662. The maximum absolute atomic E-state index is 13.5. The molecule has 0 saturated carbocycles. The van der Waals surface area contributed by atoms with Crippen molar-refractivity contribution in [1.82, 2.24) is 0 Å². The number of hydrogen-bond acceptors (Lipinski definition) is 2. The first-order valence-electron chi connectivity index (χ1n) is 5.74. The number of primary amides is 1. The van der Waals surface area contributed by atoms with Crippen molar-refractivity contribution in [2.75, 3.05) is 5.32 Å². The molecule has 3 nitrogen and oxygen atoms in total. The smallest absolute Gasteiger partial charge is 0.251 e. The van der Waals surface area contributed by atoms with E-state index in [0.29, 0.717) is 12.2 Å². The maximum Gasteiger partial charge on any atom is 0.251 e. The molecule has 0 aromatic heterocycles. The van der Waals surface area contributed by atoms with E-state index in [9.17, 15) is 13.6 Å². The minimum Gasteiger partial charge on any atom is -0.381 e. The molecule has 0 aliphatic carbocycles. The second-order valence-electron chi connectivity index (χ2n) is 4.16. The molecule has 0 aliphatic rings. The van der Waals surface area contributed by atoms with E-state index >= 15 is 0 Å². The SMILES string of the molecule is NC(=O)c1ccc(NCc2ccc(F)c(Cl)c2)cc1F. The third-order valence-corrected chi connectivity index (χ3v) is 3.00. The van der Waals surface area contributed by atoms with Crippen molar-refractivity contribution in [1.29, 1.82) is 0 Å². The van der Waals surface area contributed by atoms with Gasteiger partial charge in [-0.15, -0.1) is 0 Å². The lowest BCUT2D eigenvalue weighted by Gasteiger charge is -2.08. The molecule has 3 N–H and O–H groups in total. The fourth-order valence-corrected chi connectivity index (χ4v) is 1.88. The van der Waals surface area contributed by atoms with Crippen molar-refractivity contribution < 1.29 is 13.6 Å². The van der Waals surface area contributed by atoms with Crippen LogP contribution < -0.4 is 11.1 Å². The first kappa shape index (κ1) is 14.3. The van der Waals surface area contributed by atoms with E-state index in [1.54, 1.807) is 6.07 Å². The number of carbonyl (C=O) groups is 1. The van der Waals surface area contributed by atoms with Crippen molar-refractivity contribution in [3.63, 3.8) is 0 Å². The van der Waals surface area contributed by atoms with Gasteiger partial charge in [-0.05, 0) is 35.9 Å². The second-order valence-corrected chi connectivity index (χ2v) is 4.57. The summed E-state index contributed by atoms with van der Waals surface area (Å²) in [6.07, 6.45) is 0. The summed E-state index contributed by atoms with van der Waals surface area (Å²) in [4.78, 5) is 10.9. The molecule has 2 rings (SSSR count). The summed E-state index contributed by atoms with van der Waals surface area (Å²) >= 11 is 5.66. The molecular formula is C14H11ClF2N2O. The molecule has 0 atom stereocenters. The van der Waals surface area contributed by atoms with Gasteiger partial charge in [0.2, 0.25) is 0 Å². The van der Waals surface area contributed by atoms with Crippen LogP contribution >= 0.6 is 11.6 Å². The Balaban J connectivity index is 2.09. The largest absolute Gasteiger partial charge is 0.381 e. The van der Waals surface area contributed by atoms with Crippen LogP contribution in [0.4, 0.5) is 14.5 Å². The summed E-state index contributed by atoms with van der Waals surface area (Å²) in [5.74, 6) is -2.01. The molecule has 2 aromatic carbocycles. The van der Waals surface area contributed by atoms with Crippen molar-refractivity contribution in [2.24, 2.45) is 5.73 Å². The first-order valence-corrected chi connectivity index (χ1v) is 6.12. The fourth-order valence-electron chi connectivity index (χ4n) is 1.68. The van der Waals surface area contributed by atoms with E-state index in [1.807, 2.05) is 0 Å². The van der Waals surface area contributed by atoms with Crippen LogP contribution in [-0.4, -0.2) is 5.91 Å². The van der Waals surface area contributed by atoms with Crippen LogP contribution in [0.15, 0.2) is 36.4 Å². The van der Waals surface area contributed by atoms with Gasteiger partial charge in [0.15, 0.2) is 0 Å². The van der Waals surface area contributed by atoms with Crippen molar-refractivity contribution in [2.45, 2.75) is 6.54 Å². The molecule has 104 valence electrons. The number of anilines is 1. The molecule has 0 radical (unpaired) electrons. The number of benzene rings is 2. The second kappa shape index (κ2) is 5.88. The highest BCUT2D eigenvalue weighted by molar-refractivity contribution is 6.30. The van der Waals surface area contributed by atoms with Crippen LogP contribution in [0.25, 0.3) is 0 Å². The van der Waals surface area contributed by atoms with Gasteiger partial charge in [0, 0.05) is 12.2 Å². The van der Waals surface area contributed by atoms with Gasteiger partial charge in [-0.1, -0.05) is 17.7 Å². The van der Waals surface area contributed by atoms with Gasteiger partial charge in [-0.2, -0.15) is 0 Å². The zero-order valence-electron chi connectivity index (χ0n) is 10.3. The molecular weight excluding hydrogens is 286 g/mol. The number of rotatable bonds is 4. The number of amides is 1. The maximum atomic E-state index is 13.5. The zero-order chi connectivity index (χ0) is 14.7. The molecule has 2 aromatic rings. The number of nitrogens with one attached hydrogen (secondary N) is 1. The predicted octanol–water partition coefficient (Wildman–Crippen LogP) is 3.33. The normalized spacial score (nSPS) is 10.3. The van der Waals surface area contributed by atoms with Crippen LogP contribution in [0.3, 0.4) is 0 Å². The topological polar surface area (TPSA) is 55.1 Å². The van der Waals surface area contributed by atoms with E-state index in [4.69, 9.17) is 17.3 Å². The van der Waals surface area contributed by atoms with Crippen molar-refractivity contribution in [3.05, 3.63) is 64.2 Å². The van der Waals surface area contributed by atoms with E-state index in [0.717, 1.165) is 5.56 Å². The van der Waals surface area contributed by atoms with E-state index in [1.165, 1.54) is 30.3 Å². The summed E-state index contributed by atoms with van der Waals surface area (Å²) in [7, 11) is 0. The average molecular weight is 297 g/mol. The molecule has 20 heavy (non-hydrogen) atoms. The van der Waals surface area contributed by atoms with Gasteiger partial charge < -0.3 is 11.1 Å². The van der Waals surface area contributed by atoms with Crippen LogP contribution in [0.1, 0.15) is 15.9 Å². The van der Waals surface area contributed by atoms with Gasteiger partial charge in [0.05, 0.1) is 10.6 Å². The third kappa shape index (κ3) is 3.24. The summed E-state index contributed by atoms with van der Waals surface area (Å²) in [5, 5.41) is 2.97. The standard InChI is InChI=1S/C14H11ClF2N2O/c15-11-5-8(1-4-12(11)16)7-19-9-2-3-10(14(18)20)13(17)6-9/h1-6,19H,7H2,(H2,18,20). The molecule has 0 saturated heterocycles. The van der Waals surface area contributed by atoms with Crippen LogP contribution in [0, 0.1) is 11.6 Å². The van der Waals surface area contributed by atoms with Gasteiger partial charge in [-0.25, -0.2) is 8.78 Å². The fraction of sp³-hybridized carbons (Fsp3) is 0.0714. The minimum atomic E-state index is -0.820. The Hall–Kier alpha value is -2.14. The molecule has 0 bridgehead atoms. The van der Waals surface area contributed by atoms with Crippen molar-refractivity contribution in [3.8, 4) is 0 Å². The lowest BCUT2D eigenvalue weighted by Crippen LogP contribution is -2.13. The zero-order valence-corrected chi connectivity index (χ0v) is 11.0. The Morgan fingerprint density at radius 3 is 2.50 bits per heavy atom. The van der Waals surface area contributed by atoms with E-state index in [2.05, 4.69) is 5.32 Å². The molecule has 1 amide bonds. The summed E-state index contributed by atoms with van der Waals surface area (Å²) < 4.78 is 26.5. The molecule has 6 heteroatoms. The molecule has 0 spiro atoms. The third-order valence-electron chi connectivity index (χ3n) is 2.72. The highest BCUT2D eigenvalue weighted by Crippen LogP contribution is 2.18. The number of nitrogens with two attached hydrogens (primary N) is 1. The highest BCUT2D eigenvalue weighted by Gasteiger charge is 2.08. The summed E-state index contributed by atoms with van der Waals surface area (Å²) in [6.45, 7) is 0.343. The monoisotopic (exact) mass is 296 g/mol. The van der Waals surface area contributed by atoms with Gasteiger partial charge in [0.1, 0.15) is 11.6 Å². The van der Waals surface area contributed by atoms with Crippen LogP contribution in [0.5, 0.6) is 0 Å². The lowest BCUT2D eigenvalue weighted by molar-refractivity contribution is 0.0996. The Morgan fingerprint density at radius 1 is 1.15 bits per heavy atom. The number of carbonyl (C=O) groups excluding carboxylic acids is 1. The predicted molar refractivity (Wildman–Crippen MR) is 73.7 cm³/mol. The number of halogens is 3.